The molecular weight excluding hydrogens is 338 g/mol. The van der Waals surface area contributed by atoms with Gasteiger partial charge in [-0.25, -0.2) is 4.79 Å². The highest BCUT2D eigenvalue weighted by Gasteiger charge is 2.22. The topological polar surface area (TPSA) is 104 Å². The number of imide groups is 1. The molecule has 7 heteroatoms. The van der Waals surface area contributed by atoms with Crippen LogP contribution >= 0.6 is 0 Å². The Hall–Kier alpha value is -2.83. The number of rotatable bonds is 0. The number of esters is 1. The van der Waals surface area contributed by atoms with Crippen LogP contribution in [0.15, 0.2) is 24.3 Å². The highest BCUT2D eigenvalue weighted by molar-refractivity contribution is 6.00. The van der Waals surface area contributed by atoms with Crippen LogP contribution in [-0.2, 0) is 20.7 Å². The first-order valence-corrected chi connectivity index (χ1v) is 8.54. The minimum Gasteiger partial charge on any atom is -0.508 e. The van der Waals surface area contributed by atoms with E-state index >= 15 is 0 Å². The number of phenolic OH excluding ortho intramolecular Hbond substituents is 2. The largest absolute Gasteiger partial charge is 0.508 e. The van der Waals surface area contributed by atoms with Crippen molar-refractivity contribution in [3.05, 3.63) is 35.4 Å². The molecule has 0 saturated carbocycles. The van der Waals surface area contributed by atoms with Gasteiger partial charge in [-0.15, -0.1) is 0 Å². The zero-order chi connectivity index (χ0) is 19.3. The summed E-state index contributed by atoms with van der Waals surface area (Å²) in [4.78, 5) is 37.4. The molecule has 140 valence electrons. The van der Waals surface area contributed by atoms with E-state index in [9.17, 15) is 24.6 Å². The molecule has 0 fully saturated rings. The lowest BCUT2D eigenvalue weighted by Crippen LogP contribution is -2.34. The maximum absolute atomic E-state index is 12.4. The van der Waals surface area contributed by atoms with Gasteiger partial charge in [0.2, 0.25) is 5.91 Å². The van der Waals surface area contributed by atoms with Gasteiger partial charge in [0.05, 0.1) is 0 Å². The number of carbonyl (C=O) groups is 3. The number of nitrogens with zero attached hydrogens (tertiary/aromatic N) is 1. The van der Waals surface area contributed by atoms with Crippen LogP contribution in [0.1, 0.15) is 49.0 Å². The Morgan fingerprint density at radius 3 is 2.65 bits per heavy atom. The SMILES string of the molecule is CC(=O)N1CCCCc2cc(O)cc(O)c2C(=O)O[C@@H](C)C/C=C/C1=O. The van der Waals surface area contributed by atoms with Gasteiger partial charge < -0.3 is 14.9 Å². The van der Waals surface area contributed by atoms with E-state index in [1.807, 2.05) is 0 Å². The minimum absolute atomic E-state index is 0.0372. The highest BCUT2D eigenvalue weighted by Crippen LogP contribution is 2.29. The number of carbonyl (C=O) groups excluding carboxylic acids is 3. The summed E-state index contributed by atoms with van der Waals surface area (Å²) in [5.41, 5.74) is 0.503. The van der Waals surface area contributed by atoms with Gasteiger partial charge >= 0.3 is 5.97 Å². The molecular formula is C19H23NO6. The van der Waals surface area contributed by atoms with Crippen molar-refractivity contribution in [2.45, 2.75) is 45.6 Å². The van der Waals surface area contributed by atoms with Crippen LogP contribution in [0.5, 0.6) is 11.5 Å². The number of aryl methyl sites for hydroxylation is 1. The quantitative estimate of drug-likeness (QED) is 0.687. The van der Waals surface area contributed by atoms with Crippen molar-refractivity contribution in [1.82, 2.24) is 4.90 Å². The van der Waals surface area contributed by atoms with E-state index in [1.54, 1.807) is 13.0 Å². The Morgan fingerprint density at radius 1 is 1.23 bits per heavy atom. The van der Waals surface area contributed by atoms with Crippen LogP contribution in [0.3, 0.4) is 0 Å². The summed E-state index contributed by atoms with van der Waals surface area (Å²) in [6.45, 7) is 3.27. The molecule has 1 aromatic rings. The first-order valence-electron chi connectivity index (χ1n) is 8.54. The average molecular weight is 361 g/mol. The Labute approximate surface area is 151 Å². The van der Waals surface area contributed by atoms with Crippen molar-refractivity contribution in [1.29, 1.82) is 0 Å². The number of fused-ring (bicyclic) bond motifs is 1. The van der Waals surface area contributed by atoms with Crippen molar-refractivity contribution < 1.29 is 29.3 Å². The van der Waals surface area contributed by atoms with Crippen molar-refractivity contribution in [2.24, 2.45) is 0 Å². The Morgan fingerprint density at radius 2 is 1.96 bits per heavy atom. The molecule has 2 amide bonds. The second kappa shape index (κ2) is 8.51. The summed E-state index contributed by atoms with van der Waals surface area (Å²) >= 11 is 0. The predicted octanol–water partition coefficient (Wildman–Crippen LogP) is 2.30. The monoisotopic (exact) mass is 361 g/mol. The normalized spacial score (nSPS) is 20.7. The first kappa shape index (κ1) is 19.5. The van der Waals surface area contributed by atoms with Crippen LogP contribution in [0, 0.1) is 0 Å². The van der Waals surface area contributed by atoms with Crippen molar-refractivity contribution >= 4 is 17.8 Å². The fraction of sp³-hybridized carbons (Fsp3) is 0.421. The van der Waals surface area contributed by atoms with Crippen molar-refractivity contribution in [3.8, 4) is 11.5 Å². The second-order valence-corrected chi connectivity index (χ2v) is 6.32. The van der Waals surface area contributed by atoms with Gasteiger partial charge in [-0.2, -0.15) is 0 Å². The summed E-state index contributed by atoms with van der Waals surface area (Å²) in [5.74, 6) is -1.88. The lowest BCUT2D eigenvalue weighted by atomic mass is 10.00. The third-order valence-electron chi connectivity index (χ3n) is 4.15. The van der Waals surface area contributed by atoms with E-state index in [-0.39, 0.29) is 35.9 Å². The number of ether oxygens (including phenoxy) is 1. The van der Waals surface area contributed by atoms with Crippen molar-refractivity contribution in [3.63, 3.8) is 0 Å². The van der Waals surface area contributed by atoms with Gasteiger partial charge in [-0.05, 0) is 43.9 Å². The highest BCUT2D eigenvalue weighted by atomic mass is 16.5. The summed E-state index contributed by atoms with van der Waals surface area (Å²) in [6, 6.07) is 2.52. The van der Waals surface area contributed by atoms with Crippen LogP contribution in [0.4, 0.5) is 0 Å². The molecule has 2 rings (SSSR count). The molecule has 26 heavy (non-hydrogen) atoms. The molecule has 1 aliphatic heterocycles. The second-order valence-electron chi connectivity index (χ2n) is 6.32. The molecule has 1 aromatic carbocycles. The number of phenols is 2. The van der Waals surface area contributed by atoms with E-state index in [2.05, 4.69) is 0 Å². The van der Waals surface area contributed by atoms with Gasteiger partial charge in [0.15, 0.2) is 0 Å². The lowest BCUT2D eigenvalue weighted by Gasteiger charge is -2.19. The molecule has 0 bridgehead atoms. The van der Waals surface area contributed by atoms with E-state index < -0.39 is 18.0 Å². The Balaban J connectivity index is 2.32. The smallest absolute Gasteiger partial charge is 0.342 e. The molecule has 0 radical (unpaired) electrons. The number of benzene rings is 1. The number of amides is 2. The Bertz CT molecular complexity index is 740. The summed E-state index contributed by atoms with van der Waals surface area (Å²) in [5, 5.41) is 19.8. The first-order chi connectivity index (χ1) is 12.3. The Kier molecular flexibility index (Phi) is 6.38. The van der Waals surface area contributed by atoms with Crippen LogP contribution in [0.25, 0.3) is 0 Å². The molecule has 0 spiro atoms. The van der Waals surface area contributed by atoms with E-state index in [1.165, 1.54) is 24.0 Å². The fourth-order valence-corrected chi connectivity index (χ4v) is 2.85. The van der Waals surface area contributed by atoms with Gasteiger partial charge in [-0.1, -0.05) is 6.08 Å². The maximum atomic E-state index is 12.4. The molecule has 0 unspecified atom stereocenters. The lowest BCUT2D eigenvalue weighted by molar-refractivity contribution is -0.140. The van der Waals surface area contributed by atoms with Crippen LogP contribution in [0.2, 0.25) is 0 Å². The molecule has 1 heterocycles. The fourth-order valence-electron chi connectivity index (χ4n) is 2.85. The number of hydrogen-bond donors (Lipinski definition) is 2. The number of aromatic hydroxyl groups is 2. The maximum Gasteiger partial charge on any atom is 0.342 e. The predicted molar refractivity (Wildman–Crippen MR) is 93.7 cm³/mol. The van der Waals surface area contributed by atoms with Gasteiger partial charge in [-0.3, -0.25) is 14.5 Å². The molecule has 0 aromatic heterocycles. The number of hydrogen-bond acceptors (Lipinski definition) is 6. The zero-order valence-corrected chi connectivity index (χ0v) is 14.9. The van der Waals surface area contributed by atoms with Gasteiger partial charge in [0.1, 0.15) is 23.2 Å². The molecule has 1 aliphatic rings. The van der Waals surface area contributed by atoms with Crippen LogP contribution in [-0.4, -0.2) is 45.5 Å². The van der Waals surface area contributed by atoms with Gasteiger partial charge in [0, 0.05) is 26.0 Å². The summed E-state index contributed by atoms with van der Waals surface area (Å²) in [7, 11) is 0. The molecule has 0 aliphatic carbocycles. The van der Waals surface area contributed by atoms with E-state index in [0.717, 1.165) is 6.07 Å². The van der Waals surface area contributed by atoms with Crippen molar-refractivity contribution in [2.75, 3.05) is 6.54 Å². The molecule has 7 nitrogen and oxygen atoms in total. The van der Waals surface area contributed by atoms with Crippen LogP contribution < -0.4 is 0 Å². The number of cyclic esters (lactones) is 1. The summed E-state index contributed by atoms with van der Waals surface area (Å²) in [6.07, 6.45) is 4.09. The van der Waals surface area contributed by atoms with E-state index in [4.69, 9.17) is 4.74 Å². The average Bonchev–Trinajstić information content (AvgIpc) is 2.52. The minimum atomic E-state index is -0.674. The molecule has 2 N–H and O–H groups in total. The third kappa shape index (κ3) is 4.84. The standard InChI is InChI=1S/C19H23NO6/c1-12-6-5-8-17(24)20(13(2)21)9-4-3-7-14-10-15(22)11-16(23)18(14)19(25)26-12/h5,8,10-12,22-23H,3-4,6-7,9H2,1-2H3/b8-5+/t12-/m0/s1. The summed E-state index contributed by atoms with van der Waals surface area (Å²) < 4.78 is 5.33. The van der Waals surface area contributed by atoms with E-state index in [0.29, 0.717) is 24.8 Å². The molecule has 0 saturated heterocycles. The zero-order valence-electron chi connectivity index (χ0n) is 14.9. The third-order valence-corrected chi connectivity index (χ3v) is 4.15. The van der Waals surface area contributed by atoms with Gasteiger partial charge in [0.25, 0.3) is 5.91 Å². The molecule has 1 atom stereocenters.